The van der Waals surface area contributed by atoms with Crippen LogP contribution in [0.2, 0.25) is 0 Å². The van der Waals surface area contributed by atoms with Gasteiger partial charge in [0.1, 0.15) is 0 Å². The van der Waals surface area contributed by atoms with Gasteiger partial charge >= 0.3 is 11.9 Å². The molecule has 118 valence electrons. The second-order valence-electron chi connectivity index (χ2n) is 4.69. The highest BCUT2D eigenvalue weighted by Crippen LogP contribution is 1.98. The highest BCUT2D eigenvalue weighted by molar-refractivity contribution is 5.67. The lowest BCUT2D eigenvalue weighted by Gasteiger charge is -2.26. The summed E-state index contributed by atoms with van der Waals surface area (Å²) in [5.74, 6) is -1.67. The molecule has 0 aromatic carbocycles. The number of hydrogen-bond acceptors (Lipinski definition) is 5. The Morgan fingerprint density at radius 1 is 0.800 bits per heavy atom. The van der Waals surface area contributed by atoms with Crippen LogP contribution in [0.4, 0.5) is 0 Å². The zero-order valence-electron chi connectivity index (χ0n) is 12.1. The number of aliphatic hydroxyl groups is 1. The first-order valence-electron chi connectivity index (χ1n) is 6.98. The van der Waals surface area contributed by atoms with Crippen LogP contribution in [0.1, 0.15) is 26.2 Å². The predicted octanol–water partition coefficient (Wildman–Crippen LogP) is -0.0579. The summed E-state index contributed by atoms with van der Waals surface area (Å²) < 4.78 is 0. The van der Waals surface area contributed by atoms with Gasteiger partial charge in [-0.2, -0.15) is 0 Å². The van der Waals surface area contributed by atoms with Gasteiger partial charge in [-0.25, -0.2) is 0 Å². The van der Waals surface area contributed by atoms with Gasteiger partial charge in [-0.05, 0) is 13.0 Å². The minimum atomic E-state index is -0.857. The van der Waals surface area contributed by atoms with Gasteiger partial charge in [0.05, 0.1) is 19.4 Å². The Kier molecular flexibility index (Phi) is 10.9. The van der Waals surface area contributed by atoms with Crippen LogP contribution >= 0.6 is 0 Å². The first kappa shape index (κ1) is 18.8. The van der Waals surface area contributed by atoms with E-state index in [9.17, 15) is 9.59 Å². The molecule has 0 atom stereocenters. The van der Waals surface area contributed by atoms with Crippen molar-refractivity contribution < 1.29 is 24.9 Å². The average Bonchev–Trinajstić information content (AvgIpc) is 2.38. The number of hydrogen-bond donors (Lipinski definition) is 3. The van der Waals surface area contributed by atoms with Crippen LogP contribution in [0, 0.1) is 0 Å². The predicted molar refractivity (Wildman–Crippen MR) is 74.8 cm³/mol. The average molecular weight is 290 g/mol. The van der Waals surface area contributed by atoms with Gasteiger partial charge < -0.3 is 20.2 Å². The Balaban J connectivity index is 4.15. The first-order chi connectivity index (χ1) is 9.49. The molecule has 0 aromatic heterocycles. The van der Waals surface area contributed by atoms with Gasteiger partial charge in [-0.15, -0.1) is 0 Å². The van der Waals surface area contributed by atoms with E-state index in [2.05, 4.69) is 4.90 Å². The highest BCUT2D eigenvalue weighted by Gasteiger charge is 2.11. The van der Waals surface area contributed by atoms with Crippen LogP contribution in [-0.2, 0) is 9.59 Å². The van der Waals surface area contributed by atoms with Crippen molar-refractivity contribution in [3.05, 3.63) is 0 Å². The quantitative estimate of drug-likeness (QED) is 0.437. The van der Waals surface area contributed by atoms with E-state index < -0.39 is 11.9 Å². The molecular weight excluding hydrogens is 264 g/mol. The van der Waals surface area contributed by atoms with Crippen LogP contribution in [0.5, 0.6) is 0 Å². The molecular formula is C13H26N2O5. The number of carbonyl (C=O) groups is 2. The summed E-state index contributed by atoms with van der Waals surface area (Å²) in [5, 5.41) is 26.3. The smallest absolute Gasteiger partial charge is 0.304 e. The maximum Gasteiger partial charge on any atom is 0.304 e. The molecule has 0 saturated carbocycles. The third-order valence-corrected chi connectivity index (χ3v) is 2.97. The van der Waals surface area contributed by atoms with Crippen LogP contribution in [0.3, 0.4) is 0 Å². The van der Waals surface area contributed by atoms with E-state index in [1.165, 1.54) is 0 Å². The molecule has 0 saturated heterocycles. The fourth-order valence-electron chi connectivity index (χ4n) is 1.92. The standard InChI is InChI=1S/C13H26N2O5/c1-2-5-14(6-3-12(17)18)8-9-15(10-11-16)7-4-13(19)20/h16H,2-11H2,1H3,(H,17,18)(H,19,20). The lowest BCUT2D eigenvalue weighted by Crippen LogP contribution is -2.38. The molecule has 0 bridgehead atoms. The van der Waals surface area contributed by atoms with Crippen LogP contribution < -0.4 is 0 Å². The molecule has 20 heavy (non-hydrogen) atoms. The maximum absolute atomic E-state index is 10.6. The van der Waals surface area contributed by atoms with Crippen molar-refractivity contribution in [1.29, 1.82) is 0 Å². The van der Waals surface area contributed by atoms with E-state index in [0.717, 1.165) is 13.0 Å². The van der Waals surface area contributed by atoms with E-state index in [1.807, 2.05) is 11.8 Å². The van der Waals surface area contributed by atoms with Gasteiger partial charge in [0.2, 0.25) is 0 Å². The van der Waals surface area contributed by atoms with Crippen molar-refractivity contribution in [3.63, 3.8) is 0 Å². The molecule has 7 nitrogen and oxygen atoms in total. The maximum atomic E-state index is 10.6. The number of aliphatic carboxylic acids is 2. The van der Waals surface area contributed by atoms with E-state index in [0.29, 0.717) is 32.7 Å². The SMILES string of the molecule is CCCN(CCC(=O)O)CCN(CCO)CCC(=O)O. The molecule has 0 radical (unpaired) electrons. The van der Waals surface area contributed by atoms with Crippen molar-refractivity contribution >= 4 is 11.9 Å². The molecule has 0 aliphatic carbocycles. The second kappa shape index (κ2) is 11.6. The fraction of sp³-hybridized carbons (Fsp3) is 0.846. The summed E-state index contributed by atoms with van der Waals surface area (Å²) >= 11 is 0. The van der Waals surface area contributed by atoms with E-state index in [4.69, 9.17) is 15.3 Å². The summed E-state index contributed by atoms with van der Waals surface area (Å²) in [6.07, 6.45) is 1.09. The van der Waals surface area contributed by atoms with Crippen molar-refractivity contribution in [3.8, 4) is 0 Å². The Hall–Kier alpha value is -1.18. The van der Waals surface area contributed by atoms with E-state index >= 15 is 0 Å². The molecule has 0 unspecified atom stereocenters. The molecule has 0 amide bonds. The van der Waals surface area contributed by atoms with Gasteiger partial charge in [0, 0.05) is 32.7 Å². The van der Waals surface area contributed by atoms with Crippen molar-refractivity contribution in [2.75, 3.05) is 45.9 Å². The summed E-state index contributed by atoms with van der Waals surface area (Å²) in [6.45, 7) is 5.48. The second-order valence-corrected chi connectivity index (χ2v) is 4.69. The highest BCUT2D eigenvalue weighted by atomic mass is 16.4. The number of aliphatic hydroxyl groups excluding tert-OH is 1. The molecule has 0 spiro atoms. The van der Waals surface area contributed by atoms with Gasteiger partial charge in [-0.3, -0.25) is 14.5 Å². The topological polar surface area (TPSA) is 101 Å². The number of carboxylic acid groups (broad SMARTS) is 2. The largest absolute Gasteiger partial charge is 0.481 e. The summed E-state index contributed by atoms with van der Waals surface area (Å²) in [5.41, 5.74) is 0. The monoisotopic (exact) mass is 290 g/mol. The lowest BCUT2D eigenvalue weighted by molar-refractivity contribution is -0.138. The fourth-order valence-corrected chi connectivity index (χ4v) is 1.92. The molecule has 7 heteroatoms. The third kappa shape index (κ3) is 10.7. The van der Waals surface area contributed by atoms with Crippen LogP contribution in [0.15, 0.2) is 0 Å². The number of rotatable bonds is 13. The Labute approximate surface area is 119 Å². The zero-order chi connectivity index (χ0) is 15.4. The summed E-state index contributed by atoms with van der Waals surface area (Å²) in [7, 11) is 0. The van der Waals surface area contributed by atoms with Gasteiger partial charge in [0.15, 0.2) is 0 Å². The van der Waals surface area contributed by atoms with Gasteiger partial charge in [-0.1, -0.05) is 6.92 Å². The normalized spacial score (nSPS) is 11.2. The number of carboxylic acids is 2. The van der Waals surface area contributed by atoms with E-state index in [1.54, 1.807) is 0 Å². The molecule has 3 N–H and O–H groups in total. The van der Waals surface area contributed by atoms with E-state index in [-0.39, 0.29) is 19.4 Å². The number of nitrogens with zero attached hydrogens (tertiary/aromatic N) is 2. The molecule has 0 heterocycles. The van der Waals surface area contributed by atoms with Crippen molar-refractivity contribution in [2.24, 2.45) is 0 Å². The zero-order valence-corrected chi connectivity index (χ0v) is 12.1. The van der Waals surface area contributed by atoms with Crippen LogP contribution in [0.25, 0.3) is 0 Å². The van der Waals surface area contributed by atoms with Crippen molar-refractivity contribution in [1.82, 2.24) is 9.80 Å². The first-order valence-corrected chi connectivity index (χ1v) is 6.98. The minimum Gasteiger partial charge on any atom is -0.481 e. The Morgan fingerprint density at radius 3 is 1.60 bits per heavy atom. The molecule has 0 aliphatic rings. The Morgan fingerprint density at radius 2 is 1.25 bits per heavy atom. The minimum absolute atomic E-state index is 0.0114. The molecule has 0 rings (SSSR count). The van der Waals surface area contributed by atoms with Gasteiger partial charge in [0.25, 0.3) is 0 Å². The molecule has 0 fully saturated rings. The molecule has 0 aromatic rings. The summed E-state index contributed by atoms with van der Waals surface area (Å²) in [6, 6.07) is 0. The molecule has 0 aliphatic heterocycles. The van der Waals surface area contributed by atoms with Crippen LogP contribution in [-0.4, -0.2) is 82.9 Å². The third-order valence-electron chi connectivity index (χ3n) is 2.97. The summed E-state index contributed by atoms with van der Waals surface area (Å²) in [4.78, 5) is 25.1. The Bertz CT molecular complexity index is 258. The lowest BCUT2D eigenvalue weighted by atomic mass is 10.3. The van der Waals surface area contributed by atoms with Crippen molar-refractivity contribution in [2.45, 2.75) is 26.2 Å².